The smallest absolute Gasteiger partial charge is 0.224 e. The summed E-state index contributed by atoms with van der Waals surface area (Å²) in [4.78, 5) is 25.6. The van der Waals surface area contributed by atoms with Gasteiger partial charge in [-0.25, -0.2) is 0 Å². The number of nitrogens with one attached hydrogen (secondary N) is 1. The normalized spacial score (nSPS) is 14.2. The van der Waals surface area contributed by atoms with Gasteiger partial charge in [-0.15, -0.1) is 0 Å². The molecule has 0 aliphatic carbocycles. The molecule has 1 saturated heterocycles. The molecule has 1 aromatic rings. The third-order valence-corrected chi connectivity index (χ3v) is 3.81. The summed E-state index contributed by atoms with van der Waals surface area (Å²) in [5, 5.41) is 2.81. The highest BCUT2D eigenvalue weighted by molar-refractivity contribution is 5.80. The molecule has 21 heavy (non-hydrogen) atoms. The first-order valence-corrected chi connectivity index (χ1v) is 7.52. The molecule has 0 atom stereocenters. The molecule has 2 rings (SSSR count). The summed E-state index contributed by atoms with van der Waals surface area (Å²) in [6, 6.07) is 7.66. The molecule has 1 fully saturated rings. The zero-order valence-electron chi connectivity index (χ0n) is 12.3. The number of nitrogens with two attached hydrogens (primary N) is 1. The van der Waals surface area contributed by atoms with Gasteiger partial charge in [0.15, 0.2) is 0 Å². The van der Waals surface area contributed by atoms with E-state index in [0.717, 1.165) is 37.1 Å². The Morgan fingerprint density at radius 3 is 2.48 bits per heavy atom. The first kappa shape index (κ1) is 15.5. The van der Waals surface area contributed by atoms with Gasteiger partial charge in [0, 0.05) is 32.6 Å². The van der Waals surface area contributed by atoms with Crippen LogP contribution in [0.5, 0.6) is 0 Å². The fourth-order valence-corrected chi connectivity index (χ4v) is 2.60. The number of likely N-dealkylation sites (tertiary alicyclic amines) is 1. The number of hydrogen-bond acceptors (Lipinski definition) is 3. The molecule has 5 nitrogen and oxygen atoms in total. The predicted octanol–water partition coefficient (Wildman–Crippen LogP) is 0.816. The van der Waals surface area contributed by atoms with Crippen LogP contribution in [0.2, 0.25) is 0 Å². The number of hydrogen-bond donors (Lipinski definition) is 2. The molecular formula is C16H23N3O2. The first-order chi connectivity index (χ1) is 10.2. The minimum atomic E-state index is -0.0647. The van der Waals surface area contributed by atoms with Crippen LogP contribution in [-0.2, 0) is 22.6 Å². The van der Waals surface area contributed by atoms with E-state index >= 15 is 0 Å². The minimum Gasteiger partial charge on any atom is -0.355 e. The van der Waals surface area contributed by atoms with Gasteiger partial charge in [0.05, 0.1) is 6.42 Å². The molecule has 1 aromatic carbocycles. The van der Waals surface area contributed by atoms with Crippen molar-refractivity contribution in [2.45, 2.75) is 32.2 Å². The van der Waals surface area contributed by atoms with Crippen LogP contribution in [0.25, 0.3) is 0 Å². The number of benzene rings is 1. The number of carbonyl (C=O) groups is 2. The fourth-order valence-electron chi connectivity index (χ4n) is 2.60. The molecule has 1 aliphatic heterocycles. The van der Waals surface area contributed by atoms with Crippen molar-refractivity contribution < 1.29 is 9.59 Å². The second-order valence-electron chi connectivity index (χ2n) is 5.34. The van der Waals surface area contributed by atoms with E-state index in [1.54, 1.807) is 0 Å². The Hall–Kier alpha value is -1.88. The Morgan fingerprint density at radius 1 is 1.14 bits per heavy atom. The van der Waals surface area contributed by atoms with Crippen molar-refractivity contribution in [3.63, 3.8) is 0 Å². The molecule has 0 spiro atoms. The Balaban J connectivity index is 1.73. The van der Waals surface area contributed by atoms with Crippen LogP contribution in [0.1, 0.15) is 30.4 Å². The fraction of sp³-hybridized carbons (Fsp3) is 0.500. The van der Waals surface area contributed by atoms with Gasteiger partial charge in [-0.05, 0) is 24.0 Å². The lowest BCUT2D eigenvalue weighted by molar-refractivity contribution is -0.130. The molecule has 1 aliphatic rings. The summed E-state index contributed by atoms with van der Waals surface area (Å²) >= 11 is 0. The van der Waals surface area contributed by atoms with Gasteiger partial charge >= 0.3 is 0 Å². The van der Waals surface area contributed by atoms with Crippen molar-refractivity contribution in [1.82, 2.24) is 10.2 Å². The molecule has 2 amide bonds. The SMILES string of the molecule is NCc1ccccc1CC(=O)NCCC(=O)N1CCCC1. The van der Waals surface area contributed by atoms with Crippen LogP contribution < -0.4 is 11.1 Å². The van der Waals surface area contributed by atoms with Crippen molar-refractivity contribution in [2.24, 2.45) is 5.73 Å². The molecule has 0 radical (unpaired) electrons. The molecule has 1 heterocycles. The summed E-state index contributed by atoms with van der Waals surface area (Å²) in [5.74, 6) is 0.0697. The van der Waals surface area contributed by atoms with Gasteiger partial charge in [0.1, 0.15) is 0 Å². The van der Waals surface area contributed by atoms with E-state index in [0.29, 0.717) is 25.9 Å². The van der Waals surface area contributed by atoms with Crippen molar-refractivity contribution >= 4 is 11.8 Å². The molecule has 3 N–H and O–H groups in total. The van der Waals surface area contributed by atoms with Crippen molar-refractivity contribution in [3.8, 4) is 0 Å². The van der Waals surface area contributed by atoms with Crippen LogP contribution >= 0.6 is 0 Å². The highest BCUT2D eigenvalue weighted by atomic mass is 16.2. The third kappa shape index (κ3) is 4.56. The van der Waals surface area contributed by atoms with Gasteiger partial charge in [0.25, 0.3) is 0 Å². The lowest BCUT2D eigenvalue weighted by Gasteiger charge is -2.15. The van der Waals surface area contributed by atoms with Crippen molar-refractivity contribution in [1.29, 1.82) is 0 Å². The lowest BCUT2D eigenvalue weighted by atomic mass is 10.0. The monoisotopic (exact) mass is 289 g/mol. The maximum absolute atomic E-state index is 11.9. The van der Waals surface area contributed by atoms with E-state index in [9.17, 15) is 9.59 Å². The zero-order valence-corrected chi connectivity index (χ0v) is 12.3. The van der Waals surface area contributed by atoms with E-state index in [4.69, 9.17) is 5.73 Å². The number of rotatable bonds is 6. The quantitative estimate of drug-likeness (QED) is 0.814. The maximum atomic E-state index is 11.9. The Kier molecular flexibility index (Phi) is 5.75. The third-order valence-electron chi connectivity index (χ3n) is 3.81. The van der Waals surface area contributed by atoms with E-state index < -0.39 is 0 Å². The maximum Gasteiger partial charge on any atom is 0.224 e. The van der Waals surface area contributed by atoms with Gasteiger partial charge in [-0.2, -0.15) is 0 Å². The van der Waals surface area contributed by atoms with E-state index in [2.05, 4.69) is 5.32 Å². The Morgan fingerprint density at radius 2 is 1.81 bits per heavy atom. The van der Waals surface area contributed by atoms with E-state index in [-0.39, 0.29) is 11.8 Å². The van der Waals surface area contributed by atoms with Crippen LogP contribution in [0.3, 0.4) is 0 Å². The van der Waals surface area contributed by atoms with Gasteiger partial charge < -0.3 is 16.0 Å². The largest absolute Gasteiger partial charge is 0.355 e. The topological polar surface area (TPSA) is 75.4 Å². The van der Waals surface area contributed by atoms with E-state index in [1.807, 2.05) is 29.2 Å². The molecular weight excluding hydrogens is 266 g/mol. The highest BCUT2D eigenvalue weighted by Gasteiger charge is 2.17. The molecule has 0 saturated carbocycles. The molecule has 0 bridgehead atoms. The second-order valence-corrected chi connectivity index (χ2v) is 5.34. The average Bonchev–Trinajstić information content (AvgIpc) is 3.02. The molecule has 0 aromatic heterocycles. The highest BCUT2D eigenvalue weighted by Crippen LogP contribution is 2.09. The molecule has 0 unspecified atom stereocenters. The van der Waals surface area contributed by atoms with Gasteiger partial charge in [0.2, 0.25) is 11.8 Å². The predicted molar refractivity (Wildman–Crippen MR) is 81.5 cm³/mol. The standard InChI is InChI=1S/C16H23N3O2/c17-12-14-6-2-1-5-13(14)11-15(20)18-8-7-16(21)19-9-3-4-10-19/h1-2,5-6H,3-4,7-12,17H2,(H,18,20). The second kappa shape index (κ2) is 7.78. The number of amides is 2. The summed E-state index contributed by atoms with van der Waals surface area (Å²) < 4.78 is 0. The van der Waals surface area contributed by atoms with Crippen LogP contribution in [0, 0.1) is 0 Å². The Bertz CT molecular complexity index is 496. The van der Waals surface area contributed by atoms with Gasteiger partial charge in [-0.3, -0.25) is 9.59 Å². The zero-order chi connectivity index (χ0) is 15.1. The molecule has 5 heteroatoms. The van der Waals surface area contributed by atoms with Crippen molar-refractivity contribution in [3.05, 3.63) is 35.4 Å². The summed E-state index contributed by atoms with van der Waals surface area (Å²) in [5.41, 5.74) is 7.59. The molecule has 114 valence electrons. The van der Waals surface area contributed by atoms with E-state index in [1.165, 1.54) is 0 Å². The lowest BCUT2D eigenvalue weighted by Crippen LogP contribution is -2.33. The summed E-state index contributed by atoms with van der Waals surface area (Å²) in [6.07, 6.45) is 2.87. The summed E-state index contributed by atoms with van der Waals surface area (Å²) in [7, 11) is 0. The summed E-state index contributed by atoms with van der Waals surface area (Å²) in [6.45, 7) is 2.54. The Labute approximate surface area is 125 Å². The van der Waals surface area contributed by atoms with Crippen molar-refractivity contribution in [2.75, 3.05) is 19.6 Å². The van der Waals surface area contributed by atoms with Crippen LogP contribution in [0.4, 0.5) is 0 Å². The minimum absolute atomic E-state index is 0.0647. The number of nitrogens with zero attached hydrogens (tertiary/aromatic N) is 1. The van der Waals surface area contributed by atoms with Crippen LogP contribution in [0.15, 0.2) is 24.3 Å². The van der Waals surface area contributed by atoms with Crippen LogP contribution in [-0.4, -0.2) is 36.3 Å². The van der Waals surface area contributed by atoms with Gasteiger partial charge in [-0.1, -0.05) is 24.3 Å². The number of carbonyl (C=O) groups excluding carboxylic acids is 2. The first-order valence-electron chi connectivity index (χ1n) is 7.52. The average molecular weight is 289 g/mol.